The molecule has 104 valence electrons. The molecule has 4 heteroatoms. The lowest BCUT2D eigenvalue weighted by molar-refractivity contribution is -0.131. The molecule has 1 aromatic rings. The van der Waals surface area contributed by atoms with E-state index in [4.69, 9.17) is 21.4 Å². The lowest BCUT2D eigenvalue weighted by atomic mass is 10.0. The van der Waals surface area contributed by atoms with Gasteiger partial charge in [0.05, 0.1) is 0 Å². The van der Waals surface area contributed by atoms with Crippen LogP contribution in [-0.4, -0.2) is 17.7 Å². The molecule has 0 saturated carbocycles. The average molecular weight is 283 g/mol. The Balaban J connectivity index is 2.90. The van der Waals surface area contributed by atoms with E-state index in [0.29, 0.717) is 11.5 Å². The molecule has 0 bridgehead atoms. The predicted octanol–water partition coefficient (Wildman–Crippen LogP) is 4.18. The quantitative estimate of drug-likeness (QED) is 0.824. The Bertz CT molecular complexity index is 504. The first-order chi connectivity index (χ1) is 8.81. The van der Waals surface area contributed by atoms with Gasteiger partial charge in [0.1, 0.15) is 12.4 Å². The van der Waals surface area contributed by atoms with E-state index in [9.17, 15) is 4.79 Å². The minimum absolute atomic E-state index is 0.256. The molecule has 0 fully saturated rings. The Labute approximate surface area is 118 Å². The molecule has 1 aromatic carbocycles. The largest absolute Gasteiger partial charge is 0.489 e. The Morgan fingerprint density at radius 2 is 2.11 bits per heavy atom. The molecule has 1 N–H and O–H groups in total. The molecular weight excluding hydrogens is 264 g/mol. The number of aliphatic carboxylic acids is 1. The van der Waals surface area contributed by atoms with Gasteiger partial charge in [0, 0.05) is 11.1 Å². The smallest absolute Gasteiger partial charge is 0.328 e. The molecule has 0 aliphatic heterocycles. The zero-order valence-electron chi connectivity index (χ0n) is 11.7. The standard InChI is InChI=1S/C15H19ClO3/c1-9(2)12-7-14(11(4)6-13(12)16)19-8-10(3)5-15(17)18/h5-7,9H,8H2,1-4H3,(H,17,18). The van der Waals surface area contributed by atoms with E-state index in [1.54, 1.807) is 6.92 Å². The van der Waals surface area contributed by atoms with Crippen LogP contribution in [0.1, 0.15) is 37.8 Å². The Morgan fingerprint density at radius 3 is 2.63 bits per heavy atom. The van der Waals surface area contributed by atoms with Crippen LogP contribution in [0.4, 0.5) is 0 Å². The molecule has 0 amide bonds. The van der Waals surface area contributed by atoms with Crippen LogP contribution in [0.15, 0.2) is 23.8 Å². The van der Waals surface area contributed by atoms with Crippen LogP contribution in [0.5, 0.6) is 5.75 Å². The normalized spacial score (nSPS) is 11.8. The second-order valence-electron chi connectivity index (χ2n) is 4.91. The average Bonchev–Trinajstić information content (AvgIpc) is 2.26. The van der Waals surface area contributed by atoms with Crippen LogP contribution >= 0.6 is 11.6 Å². The molecule has 0 aliphatic carbocycles. The van der Waals surface area contributed by atoms with Gasteiger partial charge in [-0.3, -0.25) is 0 Å². The maximum atomic E-state index is 10.5. The van der Waals surface area contributed by atoms with Crippen molar-refractivity contribution in [1.82, 2.24) is 0 Å². The van der Waals surface area contributed by atoms with Gasteiger partial charge >= 0.3 is 5.97 Å². The third-order valence-corrected chi connectivity index (χ3v) is 3.07. The van der Waals surface area contributed by atoms with Crippen molar-refractivity contribution in [1.29, 1.82) is 0 Å². The highest BCUT2D eigenvalue weighted by Crippen LogP contribution is 2.31. The van der Waals surface area contributed by atoms with E-state index >= 15 is 0 Å². The van der Waals surface area contributed by atoms with Crippen molar-refractivity contribution >= 4 is 17.6 Å². The number of aryl methyl sites for hydroxylation is 1. The van der Waals surface area contributed by atoms with Crippen molar-refractivity contribution in [3.8, 4) is 5.75 Å². The molecule has 0 heterocycles. The minimum Gasteiger partial charge on any atom is -0.489 e. The Morgan fingerprint density at radius 1 is 1.47 bits per heavy atom. The van der Waals surface area contributed by atoms with E-state index in [1.165, 1.54) is 0 Å². The van der Waals surface area contributed by atoms with Gasteiger partial charge in [0.25, 0.3) is 0 Å². The van der Waals surface area contributed by atoms with Crippen molar-refractivity contribution in [3.63, 3.8) is 0 Å². The van der Waals surface area contributed by atoms with Gasteiger partial charge in [0.2, 0.25) is 0 Å². The molecule has 0 aliphatic rings. The molecule has 1 rings (SSSR count). The van der Waals surface area contributed by atoms with E-state index < -0.39 is 5.97 Å². The number of carbonyl (C=O) groups is 1. The lowest BCUT2D eigenvalue weighted by Gasteiger charge is -2.14. The van der Waals surface area contributed by atoms with E-state index in [1.807, 2.05) is 19.1 Å². The summed E-state index contributed by atoms with van der Waals surface area (Å²) in [5, 5.41) is 9.37. The second kappa shape index (κ2) is 6.62. The summed E-state index contributed by atoms with van der Waals surface area (Å²) in [6.07, 6.45) is 1.15. The highest BCUT2D eigenvalue weighted by atomic mass is 35.5. The number of benzene rings is 1. The van der Waals surface area contributed by atoms with Crippen LogP contribution in [0, 0.1) is 6.92 Å². The molecule has 19 heavy (non-hydrogen) atoms. The van der Waals surface area contributed by atoms with Gasteiger partial charge in [-0.05, 0) is 48.6 Å². The fourth-order valence-corrected chi connectivity index (χ4v) is 2.15. The van der Waals surface area contributed by atoms with Crippen LogP contribution < -0.4 is 4.74 Å². The molecule has 0 unspecified atom stereocenters. The van der Waals surface area contributed by atoms with Crippen LogP contribution in [0.3, 0.4) is 0 Å². The summed E-state index contributed by atoms with van der Waals surface area (Å²) in [4.78, 5) is 10.5. The molecule has 0 spiro atoms. The fourth-order valence-electron chi connectivity index (χ4n) is 1.71. The number of carboxylic acids is 1. The van der Waals surface area contributed by atoms with Crippen molar-refractivity contribution in [2.24, 2.45) is 0 Å². The molecule has 0 radical (unpaired) electrons. The fraction of sp³-hybridized carbons (Fsp3) is 0.400. The third-order valence-electron chi connectivity index (χ3n) is 2.74. The molecule has 0 aromatic heterocycles. The van der Waals surface area contributed by atoms with Crippen LogP contribution in [0.25, 0.3) is 0 Å². The maximum absolute atomic E-state index is 10.5. The van der Waals surface area contributed by atoms with Crippen molar-refractivity contribution in [2.75, 3.05) is 6.61 Å². The zero-order chi connectivity index (χ0) is 14.6. The van der Waals surface area contributed by atoms with Gasteiger partial charge in [-0.1, -0.05) is 25.4 Å². The van der Waals surface area contributed by atoms with Gasteiger partial charge in [-0.15, -0.1) is 0 Å². The highest BCUT2D eigenvalue weighted by molar-refractivity contribution is 6.31. The SMILES string of the molecule is CC(=CC(=O)O)COc1cc(C(C)C)c(Cl)cc1C. The van der Waals surface area contributed by atoms with Crippen LogP contribution in [-0.2, 0) is 4.79 Å². The lowest BCUT2D eigenvalue weighted by Crippen LogP contribution is -2.03. The van der Waals surface area contributed by atoms with Crippen molar-refractivity contribution < 1.29 is 14.6 Å². The summed E-state index contributed by atoms with van der Waals surface area (Å²) in [6.45, 7) is 8.03. The van der Waals surface area contributed by atoms with Crippen molar-refractivity contribution in [2.45, 2.75) is 33.6 Å². The minimum atomic E-state index is -0.961. The van der Waals surface area contributed by atoms with E-state index in [-0.39, 0.29) is 6.61 Å². The van der Waals surface area contributed by atoms with Gasteiger partial charge in [0.15, 0.2) is 0 Å². The first-order valence-electron chi connectivity index (χ1n) is 6.14. The van der Waals surface area contributed by atoms with Gasteiger partial charge in [-0.25, -0.2) is 4.79 Å². The number of carboxylic acid groups (broad SMARTS) is 1. The monoisotopic (exact) mass is 282 g/mol. The van der Waals surface area contributed by atoms with Gasteiger partial charge in [-0.2, -0.15) is 0 Å². The first-order valence-corrected chi connectivity index (χ1v) is 6.52. The summed E-state index contributed by atoms with van der Waals surface area (Å²) >= 11 is 6.18. The van der Waals surface area contributed by atoms with Crippen molar-refractivity contribution in [3.05, 3.63) is 39.9 Å². The van der Waals surface area contributed by atoms with Gasteiger partial charge < -0.3 is 9.84 Å². The molecular formula is C15H19ClO3. The van der Waals surface area contributed by atoms with E-state index in [2.05, 4.69) is 13.8 Å². The number of rotatable bonds is 5. The number of hydrogen-bond donors (Lipinski definition) is 1. The summed E-state index contributed by atoms with van der Waals surface area (Å²) in [7, 11) is 0. The van der Waals surface area contributed by atoms with Crippen LogP contribution in [0.2, 0.25) is 5.02 Å². The molecule has 3 nitrogen and oxygen atoms in total. The summed E-state index contributed by atoms with van der Waals surface area (Å²) < 4.78 is 5.66. The molecule has 0 atom stereocenters. The number of halogens is 1. The predicted molar refractivity (Wildman–Crippen MR) is 77.2 cm³/mol. The summed E-state index contributed by atoms with van der Waals surface area (Å²) in [5.41, 5.74) is 2.63. The Kier molecular flexibility index (Phi) is 5.43. The Hall–Kier alpha value is -1.48. The zero-order valence-corrected chi connectivity index (χ0v) is 12.4. The summed E-state index contributed by atoms with van der Waals surface area (Å²) in [6, 6.07) is 3.80. The highest BCUT2D eigenvalue weighted by Gasteiger charge is 2.10. The first kappa shape index (κ1) is 15.6. The number of hydrogen-bond acceptors (Lipinski definition) is 2. The molecule has 0 saturated heterocycles. The maximum Gasteiger partial charge on any atom is 0.328 e. The topological polar surface area (TPSA) is 46.5 Å². The summed E-state index contributed by atoms with van der Waals surface area (Å²) in [5.74, 6) is 0.0918. The second-order valence-corrected chi connectivity index (χ2v) is 5.32. The third kappa shape index (κ3) is 4.60. The van der Waals surface area contributed by atoms with E-state index in [0.717, 1.165) is 28.0 Å². The number of ether oxygens (including phenoxy) is 1.